The molecule has 1 aliphatic carbocycles. The van der Waals surface area contributed by atoms with Gasteiger partial charge in [0.1, 0.15) is 0 Å². The first-order valence-corrected chi connectivity index (χ1v) is 5.77. The maximum Gasteiger partial charge on any atom is 0.332 e. The monoisotopic (exact) mass is 265 g/mol. The summed E-state index contributed by atoms with van der Waals surface area (Å²) >= 11 is 0. The maximum absolute atomic E-state index is 11.5. The zero-order chi connectivity index (χ0) is 14.6. The molecule has 0 amide bonds. The summed E-state index contributed by atoms with van der Waals surface area (Å²) in [5.41, 5.74) is 7.66. The number of hydrogen-bond acceptors (Lipinski definition) is 3. The van der Waals surface area contributed by atoms with E-state index in [0.717, 1.165) is 0 Å². The molecule has 0 saturated heterocycles. The molecular formula is C12H15N3O4. The summed E-state index contributed by atoms with van der Waals surface area (Å²) in [5.74, 6) is -3.15. The minimum absolute atomic E-state index is 0.0114. The molecule has 2 atom stereocenters. The minimum Gasteiger partial charge on any atom is -0.481 e. The summed E-state index contributed by atoms with van der Waals surface area (Å²) in [4.78, 5) is 25.3. The molecular weight excluding hydrogens is 250 g/mol. The third kappa shape index (κ3) is 2.61. The van der Waals surface area contributed by atoms with Gasteiger partial charge >= 0.3 is 11.9 Å². The van der Waals surface area contributed by atoms with Crippen LogP contribution in [0.5, 0.6) is 0 Å². The SMILES string of the molecule is CCC1(C)C(C(=O)O)=C(CN=[N+]=[N-])C=CC1C(=O)O. The van der Waals surface area contributed by atoms with E-state index in [-0.39, 0.29) is 12.1 Å². The first-order chi connectivity index (χ1) is 8.88. The van der Waals surface area contributed by atoms with Gasteiger partial charge in [-0.25, -0.2) is 4.79 Å². The fourth-order valence-corrected chi connectivity index (χ4v) is 2.40. The number of aliphatic carboxylic acids is 2. The van der Waals surface area contributed by atoms with Crippen LogP contribution in [0.15, 0.2) is 28.4 Å². The lowest BCUT2D eigenvalue weighted by Gasteiger charge is -2.37. The molecule has 1 rings (SSSR count). The third-order valence-corrected chi connectivity index (χ3v) is 3.59. The number of rotatable bonds is 5. The van der Waals surface area contributed by atoms with Crippen molar-refractivity contribution in [3.63, 3.8) is 0 Å². The Morgan fingerprint density at radius 3 is 2.58 bits per heavy atom. The van der Waals surface area contributed by atoms with Gasteiger partial charge in [-0.15, -0.1) is 0 Å². The Labute approximate surface area is 109 Å². The second-order valence-electron chi connectivity index (χ2n) is 4.54. The van der Waals surface area contributed by atoms with Crippen LogP contribution in [0, 0.1) is 11.3 Å². The number of hydrogen-bond donors (Lipinski definition) is 2. The van der Waals surface area contributed by atoms with E-state index in [9.17, 15) is 19.8 Å². The van der Waals surface area contributed by atoms with Gasteiger partial charge < -0.3 is 10.2 Å². The predicted molar refractivity (Wildman–Crippen MR) is 67.3 cm³/mol. The lowest BCUT2D eigenvalue weighted by atomic mass is 9.65. The molecule has 0 aromatic heterocycles. The molecule has 0 spiro atoms. The van der Waals surface area contributed by atoms with Gasteiger partial charge in [0, 0.05) is 15.9 Å². The molecule has 19 heavy (non-hydrogen) atoms. The van der Waals surface area contributed by atoms with Gasteiger partial charge in [-0.2, -0.15) is 0 Å². The average Bonchev–Trinajstić information content (AvgIpc) is 2.35. The summed E-state index contributed by atoms with van der Waals surface area (Å²) in [6.07, 6.45) is 3.24. The summed E-state index contributed by atoms with van der Waals surface area (Å²) in [5, 5.41) is 21.9. The molecule has 0 radical (unpaired) electrons. The van der Waals surface area contributed by atoms with Crippen LogP contribution in [0.3, 0.4) is 0 Å². The van der Waals surface area contributed by atoms with Crippen LogP contribution in [-0.2, 0) is 9.59 Å². The summed E-state index contributed by atoms with van der Waals surface area (Å²) in [7, 11) is 0. The average molecular weight is 265 g/mol. The summed E-state index contributed by atoms with van der Waals surface area (Å²) < 4.78 is 0. The standard InChI is InChI=1S/C12H15N3O4/c1-3-12(2)8(10(16)17)5-4-7(6-14-15-13)9(12)11(18)19/h4-5,8H,3,6H2,1-2H3,(H,16,17)(H,18,19). The maximum atomic E-state index is 11.5. The molecule has 0 heterocycles. The molecule has 102 valence electrons. The van der Waals surface area contributed by atoms with E-state index < -0.39 is 23.3 Å². The van der Waals surface area contributed by atoms with Crippen molar-refractivity contribution in [1.82, 2.24) is 0 Å². The highest BCUT2D eigenvalue weighted by Gasteiger charge is 2.45. The molecule has 7 nitrogen and oxygen atoms in total. The number of carbonyl (C=O) groups is 2. The van der Waals surface area contributed by atoms with Crippen LogP contribution in [0.25, 0.3) is 10.4 Å². The lowest BCUT2D eigenvalue weighted by molar-refractivity contribution is -0.144. The van der Waals surface area contributed by atoms with Crippen LogP contribution >= 0.6 is 0 Å². The first-order valence-electron chi connectivity index (χ1n) is 5.77. The van der Waals surface area contributed by atoms with Crippen molar-refractivity contribution in [2.45, 2.75) is 20.3 Å². The van der Waals surface area contributed by atoms with Gasteiger partial charge in [0.05, 0.1) is 12.5 Å². The predicted octanol–water partition coefficient (Wildman–Crippen LogP) is 2.36. The number of carboxylic acids is 2. The Morgan fingerprint density at radius 2 is 2.16 bits per heavy atom. The van der Waals surface area contributed by atoms with Crippen LogP contribution in [-0.4, -0.2) is 28.7 Å². The van der Waals surface area contributed by atoms with Crippen LogP contribution in [0.4, 0.5) is 0 Å². The van der Waals surface area contributed by atoms with Crippen molar-refractivity contribution in [2.24, 2.45) is 16.4 Å². The van der Waals surface area contributed by atoms with E-state index in [1.165, 1.54) is 12.2 Å². The van der Waals surface area contributed by atoms with Crippen molar-refractivity contribution in [1.29, 1.82) is 0 Å². The molecule has 0 fully saturated rings. The zero-order valence-electron chi connectivity index (χ0n) is 10.7. The Kier molecular flexibility index (Phi) is 4.34. The van der Waals surface area contributed by atoms with E-state index in [4.69, 9.17) is 5.53 Å². The van der Waals surface area contributed by atoms with Gasteiger partial charge in [-0.05, 0) is 17.5 Å². The topological polar surface area (TPSA) is 123 Å². The molecule has 7 heteroatoms. The fourth-order valence-electron chi connectivity index (χ4n) is 2.40. The normalized spacial score (nSPS) is 25.9. The van der Waals surface area contributed by atoms with E-state index in [1.807, 2.05) is 0 Å². The third-order valence-electron chi connectivity index (χ3n) is 3.59. The first kappa shape index (κ1) is 14.8. The number of carboxylic acid groups (broad SMARTS) is 2. The fraction of sp³-hybridized carbons (Fsp3) is 0.500. The second-order valence-corrected chi connectivity index (χ2v) is 4.54. The Hall–Kier alpha value is -2.27. The van der Waals surface area contributed by atoms with Gasteiger partial charge in [-0.3, -0.25) is 4.79 Å². The summed E-state index contributed by atoms with van der Waals surface area (Å²) in [6, 6.07) is 0. The highest BCUT2D eigenvalue weighted by atomic mass is 16.4. The molecule has 0 aromatic rings. The van der Waals surface area contributed by atoms with Crippen LogP contribution < -0.4 is 0 Å². The van der Waals surface area contributed by atoms with E-state index in [0.29, 0.717) is 12.0 Å². The van der Waals surface area contributed by atoms with Crippen molar-refractivity contribution in [2.75, 3.05) is 6.54 Å². The van der Waals surface area contributed by atoms with Gasteiger partial charge in [0.2, 0.25) is 0 Å². The van der Waals surface area contributed by atoms with E-state index in [2.05, 4.69) is 10.0 Å². The van der Waals surface area contributed by atoms with E-state index >= 15 is 0 Å². The van der Waals surface area contributed by atoms with Crippen molar-refractivity contribution in [3.05, 3.63) is 33.7 Å². The molecule has 0 aliphatic heterocycles. The highest BCUT2D eigenvalue weighted by molar-refractivity contribution is 5.92. The quantitative estimate of drug-likeness (QED) is 0.449. The lowest BCUT2D eigenvalue weighted by Crippen LogP contribution is -2.39. The molecule has 2 N–H and O–H groups in total. The summed E-state index contributed by atoms with van der Waals surface area (Å²) in [6.45, 7) is 3.24. The second kappa shape index (κ2) is 5.58. The Morgan fingerprint density at radius 1 is 1.53 bits per heavy atom. The molecule has 0 bridgehead atoms. The van der Waals surface area contributed by atoms with Crippen LogP contribution in [0.1, 0.15) is 20.3 Å². The van der Waals surface area contributed by atoms with Gasteiger partial charge in [0.25, 0.3) is 0 Å². The minimum atomic E-state index is -1.18. The smallest absolute Gasteiger partial charge is 0.332 e. The van der Waals surface area contributed by atoms with Crippen molar-refractivity contribution < 1.29 is 19.8 Å². The highest BCUT2D eigenvalue weighted by Crippen LogP contribution is 2.44. The van der Waals surface area contributed by atoms with Gasteiger partial charge in [-0.1, -0.05) is 31.1 Å². The van der Waals surface area contributed by atoms with E-state index in [1.54, 1.807) is 13.8 Å². The van der Waals surface area contributed by atoms with Crippen LogP contribution in [0.2, 0.25) is 0 Å². The number of azide groups is 1. The molecule has 1 aliphatic rings. The molecule has 0 saturated carbocycles. The largest absolute Gasteiger partial charge is 0.481 e. The molecule has 0 aromatic carbocycles. The zero-order valence-corrected chi connectivity index (χ0v) is 10.7. The Balaban J connectivity index is 3.42. The number of nitrogens with zero attached hydrogens (tertiary/aromatic N) is 3. The Bertz CT molecular complexity index is 517. The van der Waals surface area contributed by atoms with Gasteiger partial charge in [0.15, 0.2) is 0 Å². The van der Waals surface area contributed by atoms with Crippen molar-refractivity contribution in [3.8, 4) is 0 Å². The molecule has 2 unspecified atom stereocenters. The van der Waals surface area contributed by atoms with Crippen molar-refractivity contribution >= 4 is 11.9 Å².